The molecule has 0 aliphatic carbocycles. The SMILES string of the molecule is COC(CCC(=O)O)c1ccccc1C. The highest BCUT2D eigenvalue weighted by Crippen LogP contribution is 2.24. The molecule has 3 nitrogen and oxygen atoms in total. The van der Waals surface area contributed by atoms with Gasteiger partial charge in [0.05, 0.1) is 6.10 Å². The second-order valence-corrected chi connectivity index (χ2v) is 3.51. The number of rotatable bonds is 5. The quantitative estimate of drug-likeness (QED) is 0.808. The highest BCUT2D eigenvalue weighted by Gasteiger charge is 2.13. The molecule has 15 heavy (non-hydrogen) atoms. The van der Waals surface area contributed by atoms with Crippen molar-refractivity contribution >= 4 is 5.97 Å². The number of hydrogen-bond donors (Lipinski definition) is 1. The number of carboxylic acid groups (broad SMARTS) is 1. The molecule has 0 aliphatic rings. The molecule has 1 aromatic carbocycles. The molecule has 0 heterocycles. The minimum absolute atomic E-state index is 0.123. The van der Waals surface area contributed by atoms with Crippen LogP contribution >= 0.6 is 0 Å². The molecule has 82 valence electrons. The fraction of sp³-hybridized carbons (Fsp3) is 0.417. The summed E-state index contributed by atoms with van der Waals surface area (Å²) >= 11 is 0. The van der Waals surface area contributed by atoms with Crippen molar-refractivity contribution in [2.45, 2.75) is 25.9 Å². The maximum atomic E-state index is 10.5. The number of carbonyl (C=O) groups is 1. The Kier molecular flexibility index (Phi) is 4.31. The van der Waals surface area contributed by atoms with Crippen molar-refractivity contribution in [1.29, 1.82) is 0 Å². The summed E-state index contributed by atoms with van der Waals surface area (Å²) in [6.45, 7) is 2.00. The van der Waals surface area contributed by atoms with E-state index in [4.69, 9.17) is 9.84 Å². The predicted octanol–water partition coefficient (Wildman–Crippen LogP) is 2.55. The summed E-state index contributed by atoms with van der Waals surface area (Å²) in [6, 6.07) is 7.88. The monoisotopic (exact) mass is 208 g/mol. The van der Waals surface area contributed by atoms with Gasteiger partial charge in [0.15, 0.2) is 0 Å². The highest BCUT2D eigenvalue weighted by molar-refractivity contribution is 5.66. The molecule has 0 saturated carbocycles. The normalized spacial score (nSPS) is 12.4. The number of aryl methyl sites for hydroxylation is 1. The molecule has 1 unspecified atom stereocenters. The van der Waals surface area contributed by atoms with Crippen molar-refractivity contribution < 1.29 is 14.6 Å². The van der Waals surface area contributed by atoms with Gasteiger partial charge in [0.1, 0.15) is 0 Å². The van der Waals surface area contributed by atoms with E-state index in [1.54, 1.807) is 7.11 Å². The smallest absolute Gasteiger partial charge is 0.303 e. The first kappa shape index (κ1) is 11.7. The zero-order valence-electron chi connectivity index (χ0n) is 9.06. The molecule has 0 amide bonds. The van der Waals surface area contributed by atoms with E-state index in [9.17, 15) is 4.79 Å². The van der Waals surface area contributed by atoms with Gasteiger partial charge in [0, 0.05) is 13.5 Å². The van der Waals surface area contributed by atoms with Crippen molar-refractivity contribution in [3.05, 3.63) is 35.4 Å². The van der Waals surface area contributed by atoms with Gasteiger partial charge >= 0.3 is 5.97 Å². The van der Waals surface area contributed by atoms with Gasteiger partial charge in [-0.3, -0.25) is 4.79 Å². The number of aliphatic carboxylic acids is 1. The summed E-state index contributed by atoms with van der Waals surface area (Å²) in [6.07, 6.45) is 0.520. The van der Waals surface area contributed by atoms with Crippen LogP contribution in [-0.4, -0.2) is 18.2 Å². The fourth-order valence-corrected chi connectivity index (χ4v) is 1.60. The molecule has 0 aliphatic heterocycles. The van der Waals surface area contributed by atoms with Crippen LogP contribution in [0.2, 0.25) is 0 Å². The lowest BCUT2D eigenvalue weighted by Gasteiger charge is -2.16. The van der Waals surface area contributed by atoms with Crippen LogP contribution in [0.25, 0.3) is 0 Å². The lowest BCUT2D eigenvalue weighted by atomic mass is 10.00. The average Bonchev–Trinajstić information content (AvgIpc) is 2.21. The van der Waals surface area contributed by atoms with Crippen molar-refractivity contribution in [2.24, 2.45) is 0 Å². The molecule has 1 rings (SSSR count). The Morgan fingerprint density at radius 2 is 2.13 bits per heavy atom. The Labute approximate surface area is 89.7 Å². The lowest BCUT2D eigenvalue weighted by molar-refractivity contribution is -0.137. The number of hydrogen-bond acceptors (Lipinski definition) is 2. The van der Waals surface area contributed by atoms with E-state index >= 15 is 0 Å². The van der Waals surface area contributed by atoms with E-state index in [-0.39, 0.29) is 12.5 Å². The molecule has 0 spiro atoms. The molecule has 1 N–H and O–H groups in total. The fourth-order valence-electron chi connectivity index (χ4n) is 1.60. The minimum Gasteiger partial charge on any atom is -0.481 e. The van der Waals surface area contributed by atoms with Crippen LogP contribution in [0.1, 0.15) is 30.1 Å². The van der Waals surface area contributed by atoms with Crippen molar-refractivity contribution in [2.75, 3.05) is 7.11 Å². The van der Waals surface area contributed by atoms with E-state index in [1.165, 1.54) is 0 Å². The van der Waals surface area contributed by atoms with Gasteiger partial charge in [-0.05, 0) is 24.5 Å². The van der Waals surface area contributed by atoms with Gasteiger partial charge in [-0.2, -0.15) is 0 Å². The molecule has 1 atom stereocenters. The second kappa shape index (κ2) is 5.51. The molecule has 1 aromatic rings. The third kappa shape index (κ3) is 3.36. The maximum Gasteiger partial charge on any atom is 0.303 e. The molecular weight excluding hydrogens is 192 g/mol. The first-order valence-electron chi connectivity index (χ1n) is 4.95. The summed E-state index contributed by atoms with van der Waals surface area (Å²) < 4.78 is 5.30. The number of carboxylic acids is 1. The molecule has 3 heteroatoms. The molecule has 0 aromatic heterocycles. The molecule has 0 radical (unpaired) electrons. The van der Waals surface area contributed by atoms with Crippen LogP contribution < -0.4 is 0 Å². The predicted molar refractivity (Wildman–Crippen MR) is 57.8 cm³/mol. The Morgan fingerprint density at radius 1 is 1.47 bits per heavy atom. The zero-order valence-corrected chi connectivity index (χ0v) is 9.06. The third-order valence-corrected chi connectivity index (χ3v) is 2.44. The summed E-state index contributed by atoms with van der Waals surface area (Å²) in [5.41, 5.74) is 2.20. The van der Waals surface area contributed by atoms with Crippen molar-refractivity contribution in [1.82, 2.24) is 0 Å². The van der Waals surface area contributed by atoms with E-state index in [1.807, 2.05) is 31.2 Å². The van der Waals surface area contributed by atoms with E-state index in [0.29, 0.717) is 6.42 Å². The van der Waals surface area contributed by atoms with E-state index in [0.717, 1.165) is 11.1 Å². The molecule has 0 fully saturated rings. The van der Waals surface area contributed by atoms with Gasteiger partial charge in [-0.25, -0.2) is 0 Å². The van der Waals surface area contributed by atoms with Crippen LogP contribution in [0.15, 0.2) is 24.3 Å². The maximum absolute atomic E-state index is 10.5. The third-order valence-electron chi connectivity index (χ3n) is 2.44. The first-order chi connectivity index (χ1) is 7.15. The number of benzene rings is 1. The Balaban J connectivity index is 2.74. The molecule has 0 bridgehead atoms. The second-order valence-electron chi connectivity index (χ2n) is 3.51. The zero-order chi connectivity index (χ0) is 11.3. The van der Waals surface area contributed by atoms with E-state index in [2.05, 4.69) is 0 Å². The van der Waals surface area contributed by atoms with Crippen LogP contribution in [-0.2, 0) is 9.53 Å². The average molecular weight is 208 g/mol. The topological polar surface area (TPSA) is 46.5 Å². The number of ether oxygens (including phenoxy) is 1. The lowest BCUT2D eigenvalue weighted by Crippen LogP contribution is -2.06. The van der Waals surface area contributed by atoms with Crippen LogP contribution in [0.4, 0.5) is 0 Å². The Bertz CT molecular complexity index is 333. The van der Waals surface area contributed by atoms with Crippen LogP contribution in [0.5, 0.6) is 0 Å². The van der Waals surface area contributed by atoms with Crippen molar-refractivity contribution in [3.63, 3.8) is 0 Å². The van der Waals surface area contributed by atoms with Crippen LogP contribution in [0.3, 0.4) is 0 Å². The Morgan fingerprint density at radius 3 is 2.67 bits per heavy atom. The largest absolute Gasteiger partial charge is 0.481 e. The van der Waals surface area contributed by atoms with Crippen molar-refractivity contribution in [3.8, 4) is 0 Å². The van der Waals surface area contributed by atoms with E-state index < -0.39 is 5.97 Å². The highest BCUT2D eigenvalue weighted by atomic mass is 16.5. The van der Waals surface area contributed by atoms with Crippen LogP contribution in [0, 0.1) is 6.92 Å². The summed E-state index contributed by atoms with van der Waals surface area (Å²) in [5.74, 6) is -0.786. The minimum atomic E-state index is -0.786. The Hall–Kier alpha value is -1.35. The van der Waals surface area contributed by atoms with Gasteiger partial charge in [0.2, 0.25) is 0 Å². The molecule has 0 saturated heterocycles. The summed E-state index contributed by atoms with van der Waals surface area (Å²) in [5, 5.41) is 8.62. The van der Waals surface area contributed by atoms with Gasteiger partial charge in [-0.15, -0.1) is 0 Å². The van der Waals surface area contributed by atoms with Gasteiger partial charge in [-0.1, -0.05) is 24.3 Å². The standard InChI is InChI=1S/C12H16O3/c1-9-5-3-4-6-10(9)11(15-2)7-8-12(13)14/h3-6,11H,7-8H2,1-2H3,(H,13,14). The number of methoxy groups -OCH3 is 1. The summed E-state index contributed by atoms with van der Waals surface area (Å²) in [7, 11) is 1.61. The van der Waals surface area contributed by atoms with Gasteiger partial charge < -0.3 is 9.84 Å². The van der Waals surface area contributed by atoms with Gasteiger partial charge in [0.25, 0.3) is 0 Å². The molecular formula is C12H16O3. The first-order valence-corrected chi connectivity index (χ1v) is 4.95. The summed E-state index contributed by atoms with van der Waals surface area (Å²) in [4.78, 5) is 10.5.